The van der Waals surface area contributed by atoms with Crippen molar-refractivity contribution >= 4 is 45.7 Å². The maximum Gasteiger partial charge on any atom is 0.416 e. The third-order valence-corrected chi connectivity index (χ3v) is 8.63. The molecule has 1 aliphatic carbocycles. The Hall–Kier alpha value is -3.36. The summed E-state index contributed by atoms with van der Waals surface area (Å²) in [5, 5.41) is 4.11. The third-order valence-electron chi connectivity index (χ3n) is 7.21. The molecule has 2 heterocycles. The van der Waals surface area contributed by atoms with Crippen molar-refractivity contribution in [1.29, 1.82) is 0 Å². The Morgan fingerprint density at radius 1 is 1.10 bits per heavy atom. The van der Waals surface area contributed by atoms with Crippen molar-refractivity contribution in [2.45, 2.75) is 46.2 Å². The number of fused-ring (bicyclic) bond motifs is 1. The first-order valence-corrected chi connectivity index (χ1v) is 14.1. The van der Waals surface area contributed by atoms with Crippen LogP contribution in [0, 0.1) is 11.3 Å². The molecule has 2 aromatic carbocycles. The second kappa shape index (κ2) is 10.9. The molecule has 9 heteroatoms. The SMILES string of the molecule is CC(C)(C)[C@@H]1CCc2c(sc(N=Cc3ccc(-c4cccc(C(F)(F)F)c4)o3)c2C(=O)Nc2ccc(Cl)cc2)C1. The Labute approximate surface area is 239 Å². The fourth-order valence-corrected chi connectivity index (χ4v) is 6.31. The van der Waals surface area contributed by atoms with Crippen molar-refractivity contribution in [3.63, 3.8) is 0 Å². The van der Waals surface area contributed by atoms with Crippen LogP contribution in [0.15, 0.2) is 70.1 Å². The number of rotatable bonds is 5. The van der Waals surface area contributed by atoms with Crippen molar-refractivity contribution in [3.8, 4) is 11.3 Å². The Morgan fingerprint density at radius 3 is 2.55 bits per heavy atom. The van der Waals surface area contributed by atoms with E-state index < -0.39 is 11.7 Å². The number of aliphatic imine (C=N–C) groups is 1. The molecule has 0 spiro atoms. The van der Waals surface area contributed by atoms with Crippen LogP contribution in [0.2, 0.25) is 5.02 Å². The predicted molar refractivity (Wildman–Crippen MR) is 155 cm³/mol. The van der Waals surface area contributed by atoms with Gasteiger partial charge < -0.3 is 9.73 Å². The Balaban J connectivity index is 1.45. The van der Waals surface area contributed by atoms with Gasteiger partial charge in [-0.15, -0.1) is 11.3 Å². The second-order valence-electron chi connectivity index (χ2n) is 11.0. The number of benzene rings is 2. The molecule has 4 nitrogen and oxygen atoms in total. The van der Waals surface area contributed by atoms with Gasteiger partial charge in [-0.3, -0.25) is 4.79 Å². The summed E-state index contributed by atoms with van der Waals surface area (Å²) in [7, 11) is 0. The van der Waals surface area contributed by atoms with Crippen LogP contribution in [0.4, 0.5) is 23.9 Å². The number of nitrogens with zero attached hydrogens (tertiary/aromatic N) is 1. The number of furan rings is 1. The van der Waals surface area contributed by atoms with Gasteiger partial charge in [0.2, 0.25) is 0 Å². The molecule has 0 saturated carbocycles. The molecule has 2 aromatic heterocycles. The van der Waals surface area contributed by atoms with E-state index in [1.165, 1.54) is 23.6 Å². The van der Waals surface area contributed by atoms with Crippen molar-refractivity contribution in [3.05, 3.63) is 93.0 Å². The van der Waals surface area contributed by atoms with E-state index >= 15 is 0 Å². The maximum atomic E-state index is 13.5. The van der Waals surface area contributed by atoms with Crippen molar-refractivity contribution in [2.75, 3.05) is 5.32 Å². The van der Waals surface area contributed by atoms with Crippen LogP contribution in [0.25, 0.3) is 11.3 Å². The minimum absolute atomic E-state index is 0.144. The molecule has 40 heavy (non-hydrogen) atoms. The van der Waals surface area contributed by atoms with Crippen LogP contribution in [0.5, 0.6) is 0 Å². The van der Waals surface area contributed by atoms with Gasteiger partial charge in [0, 0.05) is 21.2 Å². The molecular formula is C31H28ClF3N2O2S. The minimum atomic E-state index is -4.44. The number of alkyl halides is 3. The Kier molecular flexibility index (Phi) is 7.68. The summed E-state index contributed by atoms with van der Waals surface area (Å²) < 4.78 is 45.3. The lowest BCUT2D eigenvalue weighted by atomic mass is 9.72. The number of anilines is 1. The first kappa shape index (κ1) is 28.2. The summed E-state index contributed by atoms with van der Waals surface area (Å²) in [5.74, 6) is 0.912. The molecule has 1 aliphatic rings. The van der Waals surface area contributed by atoms with Crippen LogP contribution in [0.3, 0.4) is 0 Å². The standard InChI is InChI=1S/C31H28ClF3N2O2S/c1-30(2,3)19-7-13-24-26(16-19)40-29(27(24)28(38)37-22-10-8-21(32)9-11-22)36-17-23-12-14-25(39-23)18-5-4-6-20(15-18)31(33,34)35/h4-6,8-12,14-15,17,19H,7,13,16H2,1-3H3,(H,37,38)/t19-/m1/s1. The van der Waals surface area contributed by atoms with Crippen LogP contribution in [0.1, 0.15) is 59.3 Å². The van der Waals surface area contributed by atoms with Crippen LogP contribution in [-0.4, -0.2) is 12.1 Å². The molecule has 5 rings (SSSR count). The third kappa shape index (κ3) is 6.18. The van der Waals surface area contributed by atoms with E-state index in [0.29, 0.717) is 44.3 Å². The van der Waals surface area contributed by atoms with Crippen LogP contribution < -0.4 is 5.32 Å². The van der Waals surface area contributed by atoms with Crippen molar-refractivity contribution < 1.29 is 22.4 Å². The quantitative estimate of drug-likeness (QED) is 0.237. The predicted octanol–water partition coefficient (Wildman–Crippen LogP) is 9.83. The minimum Gasteiger partial charge on any atom is -0.455 e. The summed E-state index contributed by atoms with van der Waals surface area (Å²) in [6, 6.07) is 15.2. The highest BCUT2D eigenvalue weighted by Crippen LogP contribution is 2.45. The number of halogens is 4. The van der Waals surface area contributed by atoms with E-state index in [0.717, 1.165) is 41.8 Å². The fourth-order valence-electron chi connectivity index (χ4n) is 4.91. The van der Waals surface area contributed by atoms with Gasteiger partial charge in [-0.2, -0.15) is 13.2 Å². The lowest BCUT2D eigenvalue weighted by molar-refractivity contribution is -0.137. The summed E-state index contributed by atoms with van der Waals surface area (Å²) in [5.41, 5.74) is 1.91. The number of nitrogens with one attached hydrogen (secondary N) is 1. The van der Waals surface area contributed by atoms with Crippen LogP contribution >= 0.6 is 22.9 Å². The molecule has 4 aromatic rings. The average molecular weight is 585 g/mol. The van der Waals surface area contributed by atoms with Gasteiger partial charge in [-0.1, -0.05) is 44.5 Å². The van der Waals surface area contributed by atoms with E-state index in [1.807, 2.05) is 0 Å². The number of carbonyl (C=O) groups excluding carboxylic acids is 1. The van der Waals surface area contributed by atoms with Gasteiger partial charge in [0.1, 0.15) is 16.5 Å². The lowest BCUT2D eigenvalue weighted by Gasteiger charge is -2.33. The van der Waals surface area contributed by atoms with Gasteiger partial charge in [0.25, 0.3) is 5.91 Å². The first-order valence-electron chi connectivity index (χ1n) is 12.9. The number of hydrogen-bond donors (Lipinski definition) is 1. The van der Waals surface area contributed by atoms with E-state index in [2.05, 4.69) is 31.1 Å². The second-order valence-corrected chi connectivity index (χ2v) is 12.5. The maximum absolute atomic E-state index is 13.5. The smallest absolute Gasteiger partial charge is 0.416 e. The molecule has 208 valence electrons. The average Bonchev–Trinajstić information content (AvgIpc) is 3.52. The number of hydrogen-bond acceptors (Lipinski definition) is 4. The molecule has 0 saturated heterocycles. The van der Waals surface area contributed by atoms with E-state index in [1.54, 1.807) is 42.5 Å². The molecule has 1 atom stereocenters. The van der Waals surface area contributed by atoms with E-state index in [4.69, 9.17) is 16.0 Å². The highest BCUT2D eigenvalue weighted by Gasteiger charge is 2.34. The molecule has 1 N–H and O–H groups in total. The molecule has 0 bridgehead atoms. The van der Waals surface area contributed by atoms with Crippen LogP contribution in [-0.2, 0) is 19.0 Å². The van der Waals surface area contributed by atoms with Gasteiger partial charge in [0.05, 0.1) is 17.3 Å². The zero-order valence-electron chi connectivity index (χ0n) is 22.2. The summed E-state index contributed by atoms with van der Waals surface area (Å²) in [6.07, 6.45) is -0.293. The highest BCUT2D eigenvalue weighted by atomic mass is 35.5. The number of amides is 1. The largest absolute Gasteiger partial charge is 0.455 e. The number of thiophene rings is 1. The molecular weight excluding hydrogens is 557 g/mol. The Bertz CT molecular complexity index is 1560. The van der Waals surface area contributed by atoms with Crippen molar-refractivity contribution in [1.82, 2.24) is 0 Å². The zero-order valence-corrected chi connectivity index (χ0v) is 23.8. The highest BCUT2D eigenvalue weighted by molar-refractivity contribution is 7.16. The topological polar surface area (TPSA) is 54.6 Å². The number of carbonyl (C=O) groups is 1. The first-order chi connectivity index (χ1) is 18.9. The zero-order chi connectivity index (χ0) is 28.7. The summed E-state index contributed by atoms with van der Waals surface area (Å²) in [6.45, 7) is 6.72. The van der Waals surface area contributed by atoms with Gasteiger partial charge in [0.15, 0.2) is 0 Å². The van der Waals surface area contributed by atoms with E-state index in [9.17, 15) is 18.0 Å². The summed E-state index contributed by atoms with van der Waals surface area (Å²) in [4.78, 5) is 19.3. The molecule has 0 unspecified atom stereocenters. The normalized spacial score (nSPS) is 15.8. The molecule has 0 aliphatic heterocycles. The van der Waals surface area contributed by atoms with E-state index in [-0.39, 0.29) is 11.3 Å². The monoisotopic (exact) mass is 584 g/mol. The molecule has 1 amide bonds. The van der Waals surface area contributed by atoms with Gasteiger partial charge in [-0.25, -0.2) is 4.99 Å². The fraction of sp³-hybridized carbons (Fsp3) is 0.290. The molecule has 0 fully saturated rings. The van der Waals surface area contributed by atoms with Gasteiger partial charge in [-0.05, 0) is 84.7 Å². The lowest BCUT2D eigenvalue weighted by Crippen LogP contribution is -2.27. The summed E-state index contributed by atoms with van der Waals surface area (Å²) >= 11 is 7.50. The van der Waals surface area contributed by atoms with Gasteiger partial charge >= 0.3 is 6.18 Å². The molecule has 0 radical (unpaired) electrons. The van der Waals surface area contributed by atoms with Crippen molar-refractivity contribution in [2.24, 2.45) is 16.3 Å². The Morgan fingerprint density at radius 2 is 1.85 bits per heavy atom.